The lowest BCUT2D eigenvalue weighted by molar-refractivity contribution is -0.135. The van der Waals surface area contributed by atoms with Crippen molar-refractivity contribution >= 4 is 16.7 Å². The molecule has 3 saturated heterocycles. The second kappa shape index (κ2) is 7.59. The second-order valence-corrected chi connectivity index (χ2v) is 9.82. The van der Waals surface area contributed by atoms with Gasteiger partial charge in [0, 0.05) is 24.5 Å². The van der Waals surface area contributed by atoms with Crippen LogP contribution in [0.2, 0.25) is 0 Å². The number of nitrogens with zero attached hydrogens (tertiary/aromatic N) is 3. The lowest BCUT2D eigenvalue weighted by Gasteiger charge is -2.54. The minimum Gasteiger partial charge on any atom is -0.335 e. The fourth-order valence-electron chi connectivity index (χ4n) is 6.80. The molecule has 4 heterocycles. The van der Waals surface area contributed by atoms with E-state index in [9.17, 15) is 9.59 Å². The van der Waals surface area contributed by atoms with Crippen LogP contribution in [0, 0.1) is 11.8 Å². The van der Waals surface area contributed by atoms with Gasteiger partial charge in [-0.2, -0.15) is 5.10 Å². The average Bonchev–Trinajstić information content (AvgIpc) is 2.81. The van der Waals surface area contributed by atoms with Gasteiger partial charge in [-0.1, -0.05) is 36.3 Å². The van der Waals surface area contributed by atoms with E-state index in [1.54, 1.807) is 6.07 Å². The number of fused-ring (bicyclic) bond motifs is 7. The van der Waals surface area contributed by atoms with Gasteiger partial charge < -0.3 is 4.90 Å². The molecule has 6 rings (SSSR count). The summed E-state index contributed by atoms with van der Waals surface area (Å²) in [6.07, 6.45) is 10.2. The van der Waals surface area contributed by atoms with Gasteiger partial charge in [0.2, 0.25) is 5.91 Å². The first kappa shape index (κ1) is 19.2. The zero-order valence-electron chi connectivity index (χ0n) is 17.9. The lowest BCUT2D eigenvalue weighted by Crippen LogP contribution is -2.60. The molecule has 6 heteroatoms. The number of amides is 1. The van der Waals surface area contributed by atoms with Crippen LogP contribution >= 0.6 is 0 Å². The van der Waals surface area contributed by atoms with Crippen LogP contribution in [0.1, 0.15) is 44.2 Å². The Bertz CT molecular complexity index is 1110. The molecule has 0 unspecified atom stereocenters. The number of piperidine rings is 3. The lowest BCUT2D eigenvalue weighted by atomic mass is 9.68. The van der Waals surface area contributed by atoms with Crippen molar-refractivity contribution in [1.29, 1.82) is 0 Å². The van der Waals surface area contributed by atoms with Crippen molar-refractivity contribution in [1.82, 2.24) is 20.0 Å². The van der Waals surface area contributed by atoms with Gasteiger partial charge in [-0.15, -0.1) is 0 Å². The Morgan fingerprint density at radius 3 is 2.90 bits per heavy atom. The normalized spacial score (nSPS) is 30.5. The van der Waals surface area contributed by atoms with Gasteiger partial charge >= 0.3 is 0 Å². The standard InChI is InChI=1S/C25H30N4O2/c30-23(14-21-19-7-1-2-8-20(19)25(31)27-26-21)29-11-5-6-16-12-17-13-18(24(16)29)15-28-10-4-3-9-22(17)28/h1-2,7-8,12,17-18,22,24H,3-6,9-11,13-15H2,(H,27,31)/t17-,18+,22+,24+/m0/s1. The Kier molecular flexibility index (Phi) is 4.71. The number of hydrogen-bond donors (Lipinski definition) is 1. The molecule has 2 aromatic rings. The fourth-order valence-corrected chi connectivity index (χ4v) is 6.80. The quantitative estimate of drug-likeness (QED) is 0.762. The summed E-state index contributed by atoms with van der Waals surface area (Å²) in [6, 6.07) is 8.40. The summed E-state index contributed by atoms with van der Waals surface area (Å²) in [6.45, 7) is 3.17. The summed E-state index contributed by atoms with van der Waals surface area (Å²) in [5, 5.41) is 8.22. The van der Waals surface area contributed by atoms with Crippen LogP contribution in [0.5, 0.6) is 0 Å². The fraction of sp³-hybridized carbons (Fsp3) is 0.560. The molecule has 3 fully saturated rings. The van der Waals surface area contributed by atoms with Gasteiger partial charge in [-0.3, -0.25) is 14.5 Å². The number of carbonyl (C=O) groups excluding carboxylic acids is 1. The third-order valence-electron chi connectivity index (χ3n) is 8.07. The number of benzene rings is 1. The molecule has 1 aliphatic carbocycles. The zero-order valence-corrected chi connectivity index (χ0v) is 17.9. The van der Waals surface area contributed by atoms with Crippen molar-refractivity contribution in [2.45, 2.75) is 57.0 Å². The highest BCUT2D eigenvalue weighted by atomic mass is 16.2. The van der Waals surface area contributed by atoms with Crippen LogP contribution in [-0.2, 0) is 11.2 Å². The number of aromatic amines is 1. The molecule has 1 aromatic heterocycles. The molecule has 6 nitrogen and oxygen atoms in total. The van der Waals surface area contributed by atoms with Crippen LogP contribution in [0.3, 0.4) is 0 Å². The van der Waals surface area contributed by atoms with E-state index in [1.807, 2.05) is 18.2 Å². The molecule has 162 valence electrons. The molecule has 4 aliphatic rings. The maximum Gasteiger partial charge on any atom is 0.272 e. The van der Waals surface area contributed by atoms with Gasteiger partial charge in [0.05, 0.1) is 23.5 Å². The highest BCUT2D eigenvalue weighted by Gasteiger charge is 2.46. The molecule has 2 bridgehead atoms. The number of likely N-dealkylation sites (tertiary alicyclic amines) is 1. The molecule has 1 N–H and O–H groups in total. The van der Waals surface area contributed by atoms with E-state index < -0.39 is 0 Å². The van der Waals surface area contributed by atoms with Crippen molar-refractivity contribution in [3.63, 3.8) is 0 Å². The highest BCUT2D eigenvalue weighted by molar-refractivity contribution is 5.88. The predicted octanol–water partition coefficient (Wildman–Crippen LogP) is 2.89. The first-order valence-corrected chi connectivity index (χ1v) is 11.9. The molecule has 1 aromatic carbocycles. The van der Waals surface area contributed by atoms with Gasteiger partial charge in [0.15, 0.2) is 0 Å². The first-order valence-electron chi connectivity index (χ1n) is 11.9. The molecular weight excluding hydrogens is 388 g/mol. The average molecular weight is 419 g/mol. The Hall–Kier alpha value is -2.47. The summed E-state index contributed by atoms with van der Waals surface area (Å²) in [4.78, 5) is 30.5. The largest absolute Gasteiger partial charge is 0.335 e. The summed E-state index contributed by atoms with van der Waals surface area (Å²) < 4.78 is 0. The van der Waals surface area contributed by atoms with E-state index in [0.717, 1.165) is 37.4 Å². The van der Waals surface area contributed by atoms with Gasteiger partial charge in [-0.05, 0) is 56.6 Å². The van der Waals surface area contributed by atoms with E-state index in [1.165, 1.54) is 37.8 Å². The SMILES string of the molecule is O=C(Cc1n[nH]c(=O)c2ccccc12)N1CCCC2=C[C@H]3C[C@H](CN4CCCC[C@H]34)[C@@H]21. The molecular formula is C25H30N4O2. The predicted molar refractivity (Wildman–Crippen MR) is 120 cm³/mol. The van der Waals surface area contributed by atoms with Crippen molar-refractivity contribution < 1.29 is 4.79 Å². The number of rotatable bonds is 2. The van der Waals surface area contributed by atoms with Crippen molar-refractivity contribution in [3.8, 4) is 0 Å². The van der Waals surface area contributed by atoms with Crippen LogP contribution in [-0.4, -0.2) is 57.6 Å². The monoisotopic (exact) mass is 418 g/mol. The maximum absolute atomic E-state index is 13.5. The third kappa shape index (κ3) is 3.23. The highest BCUT2D eigenvalue weighted by Crippen LogP contribution is 2.45. The Labute approximate surface area is 182 Å². The maximum atomic E-state index is 13.5. The van der Waals surface area contributed by atoms with Gasteiger partial charge in [0.1, 0.15) is 0 Å². The summed E-state index contributed by atoms with van der Waals surface area (Å²) >= 11 is 0. The van der Waals surface area contributed by atoms with Crippen molar-refractivity contribution in [3.05, 3.63) is 52.0 Å². The Balaban J connectivity index is 1.29. The molecule has 0 spiro atoms. The van der Waals surface area contributed by atoms with E-state index in [2.05, 4.69) is 26.1 Å². The summed E-state index contributed by atoms with van der Waals surface area (Å²) in [5.74, 6) is 1.36. The number of hydrogen-bond acceptors (Lipinski definition) is 4. The van der Waals surface area contributed by atoms with E-state index >= 15 is 0 Å². The van der Waals surface area contributed by atoms with Gasteiger partial charge in [0.25, 0.3) is 5.56 Å². The Morgan fingerprint density at radius 1 is 1.13 bits per heavy atom. The van der Waals surface area contributed by atoms with Crippen molar-refractivity contribution in [2.75, 3.05) is 19.6 Å². The topological polar surface area (TPSA) is 69.3 Å². The number of nitrogens with one attached hydrogen (secondary N) is 1. The summed E-state index contributed by atoms with van der Waals surface area (Å²) in [5.41, 5.74) is 1.97. The van der Waals surface area contributed by atoms with Crippen LogP contribution in [0.4, 0.5) is 0 Å². The van der Waals surface area contributed by atoms with E-state index in [0.29, 0.717) is 22.9 Å². The van der Waals surface area contributed by atoms with Crippen LogP contribution in [0.15, 0.2) is 40.7 Å². The van der Waals surface area contributed by atoms with E-state index in [4.69, 9.17) is 0 Å². The zero-order chi connectivity index (χ0) is 20.9. The number of carbonyl (C=O) groups is 1. The summed E-state index contributed by atoms with van der Waals surface area (Å²) in [7, 11) is 0. The third-order valence-corrected chi connectivity index (χ3v) is 8.07. The molecule has 0 saturated carbocycles. The molecule has 3 aliphatic heterocycles. The number of aromatic nitrogens is 2. The van der Waals surface area contributed by atoms with Crippen molar-refractivity contribution in [2.24, 2.45) is 11.8 Å². The van der Waals surface area contributed by atoms with E-state index in [-0.39, 0.29) is 23.9 Å². The molecule has 0 radical (unpaired) electrons. The minimum atomic E-state index is -0.202. The minimum absolute atomic E-state index is 0.138. The molecule has 1 amide bonds. The second-order valence-electron chi connectivity index (χ2n) is 9.82. The number of H-pyrrole nitrogens is 1. The first-order chi connectivity index (χ1) is 15.2. The molecule has 4 atom stereocenters. The Morgan fingerprint density at radius 2 is 2.00 bits per heavy atom. The van der Waals surface area contributed by atoms with Crippen LogP contribution in [0.25, 0.3) is 10.8 Å². The van der Waals surface area contributed by atoms with Crippen LogP contribution < -0.4 is 5.56 Å². The van der Waals surface area contributed by atoms with Gasteiger partial charge in [-0.25, -0.2) is 5.10 Å². The molecule has 31 heavy (non-hydrogen) atoms. The smallest absolute Gasteiger partial charge is 0.272 e.